The summed E-state index contributed by atoms with van der Waals surface area (Å²) in [6, 6.07) is 15.2. The number of fused-ring (bicyclic) bond motifs is 2. The summed E-state index contributed by atoms with van der Waals surface area (Å²) in [6.07, 6.45) is -3.49. The molecule has 35 heavy (non-hydrogen) atoms. The van der Waals surface area contributed by atoms with Gasteiger partial charge < -0.3 is 13.9 Å². The summed E-state index contributed by atoms with van der Waals surface area (Å²) >= 11 is 1.12. The third kappa shape index (κ3) is 3.93. The molecule has 0 bridgehead atoms. The zero-order valence-corrected chi connectivity index (χ0v) is 18.5. The van der Waals surface area contributed by atoms with Gasteiger partial charge in [-0.1, -0.05) is 35.6 Å². The fourth-order valence-electron chi connectivity index (χ4n) is 3.70. The Morgan fingerprint density at radius 3 is 2.69 bits per heavy atom. The van der Waals surface area contributed by atoms with Crippen molar-refractivity contribution < 1.29 is 27.1 Å². The number of hydrogen-bond acceptors (Lipinski definition) is 7. The van der Waals surface area contributed by atoms with E-state index in [1.807, 2.05) is 12.1 Å². The summed E-state index contributed by atoms with van der Waals surface area (Å²) in [6.45, 7) is 0.215. The first-order chi connectivity index (χ1) is 16.8. The van der Waals surface area contributed by atoms with Crippen molar-refractivity contribution in [3.63, 3.8) is 0 Å². The highest BCUT2D eigenvalue weighted by molar-refractivity contribution is 7.15. The summed E-state index contributed by atoms with van der Waals surface area (Å²) in [4.78, 5) is 17.7. The van der Waals surface area contributed by atoms with Crippen LogP contribution in [0.25, 0.3) is 22.4 Å². The Hall–Kier alpha value is -4.12. The van der Waals surface area contributed by atoms with Crippen LogP contribution in [0.5, 0.6) is 11.5 Å². The van der Waals surface area contributed by atoms with Gasteiger partial charge in [0, 0.05) is 11.6 Å². The second-order valence-electron chi connectivity index (χ2n) is 7.72. The lowest BCUT2D eigenvalue weighted by Crippen LogP contribution is -2.26. The molecule has 0 saturated heterocycles. The van der Waals surface area contributed by atoms with Gasteiger partial charge >= 0.3 is 6.18 Å². The normalized spacial score (nSPS) is 16.2. The predicted molar refractivity (Wildman–Crippen MR) is 120 cm³/mol. The maximum atomic E-state index is 13.0. The van der Waals surface area contributed by atoms with Crippen molar-refractivity contribution in [2.24, 2.45) is 0 Å². The number of para-hydroxylation sites is 2. The van der Waals surface area contributed by atoms with Gasteiger partial charge in [0.15, 0.2) is 23.4 Å². The minimum Gasteiger partial charge on any atom is -0.485 e. The Bertz CT molecular complexity index is 1670. The van der Waals surface area contributed by atoms with Crippen LogP contribution in [0.2, 0.25) is 0 Å². The van der Waals surface area contributed by atoms with Gasteiger partial charge in [0.2, 0.25) is 4.96 Å². The van der Waals surface area contributed by atoms with E-state index < -0.39 is 23.4 Å². The standard InChI is InChI=1S/C24H14F3N3O4S/c25-24(26,27)14-5-3-4-13(10-14)16-9-8-15(33-16)11-20-22(31)30-23(35-20)28-21(29-30)19-12-32-17-6-1-2-7-18(17)34-19/h1-11,19H,12H2/b20-11-. The fraction of sp³-hybridized carbons (Fsp3) is 0.125. The van der Waals surface area contributed by atoms with E-state index in [0.29, 0.717) is 32.6 Å². The molecular formula is C24H14F3N3O4S. The Balaban J connectivity index is 1.28. The van der Waals surface area contributed by atoms with Gasteiger partial charge in [0.25, 0.3) is 5.56 Å². The number of ether oxygens (including phenoxy) is 2. The van der Waals surface area contributed by atoms with E-state index in [0.717, 1.165) is 23.5 Å². The Labute approximate surface area is 198 Å². The molecule has 7 nitrogen and oxygen atoms in total. The molecule has 5 aromatic rings. The molecule has 3 aromatic heterocycles. The van der Waals surface area contributed by atoms with Gasteiger partial charge in [-0.2, -0.15) is 22.7 Å². The average molecular weight is 497 g/mol. The lowest BCUT2D eigenvalue weighted by atomic mass is 10.1. The monoisotopic (exact) mass is 497 g/mol. The largest absolute Gasteiger partial charge is 0.485 e. The molecule has 2 aromatic carbocycles. The second-order valence-corrected chi connectivity index (χ2v) is 8.73. The van der Waals surface area contributed by atoms with Crippen LogP contribution in [-0.2, 0) is 6.18 Å². The molecule has 1 aliphatic heterocycles. The molecule has 0 aliphatic carbocycles. The third-order valence-electron chi connectivity index (χ3n) is 5.37. The molecule has 6 rings (SSSR count). The number of furan rings is 1. The SMILES string of the molecule is O=c1/c(=C/c2ccc(-c3cccc(C(F)(F)F)c3)o2)sc2nc(C3COc4ccccc4O3)nn12. The van der Waals surface area contributed by atoms with Crippen molar-refractivity contribution >= 4 is 22.4 Å². The predicted octanol–water partition coefficient (Wildman–Crippen LogP) is 4.49. The summed E-state index contributed by atoms with van der Waals surface area (Å²) < 4.78 is 57.8. The number of hydrogen-bond donors (Lipinski definition) is 0. The van der Waals surface area contributed by atoms with Gasteiger partial charge in [0.1, 0.15) is 22.7 Å². The molecule has 0 spiro atoms. The fourth-order valence-corrected chi connectivity index (χ4v) is 4.59. The maximum Gasteiger partial charge on any atom is 0.416 e. The highest BCUT2D eigenvalue weighted by Gasteiger charge is 2.31. The minimum absolute atomic E-state index is 0.215. The Morgan fingerprint density at radius 1 is 1.06 bits per heavy atom. The van der Waals surface area contributed by atoms with E-state index in [9.17, 15) is 18.0 Å². The van der Waals surface area contributed by atoms with Gasteiger partial charge in [-0.3, -0.25) is 4.79 Å². The zero-order valence-electron chi connectivity index (χ0n) is 17.7. The van der Waals surface area contributed by atoms with Crippen LogP contribution in [0.15, 0.2) is 69.9 Å². The van der Waals surface area contributed by atoms with Crippen LogP contribution in [0, 0.1) is 0 Å². The van der Waals surface area contributed by atoms with E-state index in [4.69, 9.17) is 13.9 Å². The molecule has 1 unspecified atom stereocenters. The summed E-state index contributed by atoms with van der Waals surface area (Å²) in [7, 11) is 0. The molecule has 0 amide bonds. The molecule has 1 atom stereocenters. The van der Waals surface area contributed by atoms with E-state index in [-0.39, 0.29) is 17.9 Å². The Morgan fingerprint density at radius 2 is 1.89 bits per heavy atom. The van der Waals surface area contributed by atoms with Gasteiger partial charge in [-0.05, 0) is 36.4 Å². The smallest absolute Gasteiger partial charge is 0.416 e. The number of benzene rings is 2. The second kappa shape index (κ2) is 7.98. The molecule has 0 fully saturated rings. The first-order valence-electron chi connectivity index (χ1n) is 10.4. The molecule has 0 N–H and O–H groups in total. The molecule has 0 saturated carbocycles. The Kier molecular flexibility index (Phi) is 4.88. The van der Waals surface area contributed by atoms with E-state index in [2.05, 4.69) is 10.1 Å². The van der Waals surface area contributed by atoms with Gasteiger partial charge in [0.05, 0.1) is 5.56 Å². The zero-order chi connectivity index (χ0) is 24.2. The lowest BCUT2D eigenvalue weighted by molar-refractivity contribution is -0.137. The van der Waals surface area contributed by atoms with Crippen molar-refractivity contribution in [2.45, 2.75) is 12.3 Å². The topological polar surface area (TPSA) is 78.9 Å². The first kappa shape index (κ1) is 21.4. The van der Waals surface area contributed by atoms with Crippen molar-refractivity contribution in [3.05, 3.63) is 92.7 Å². The molecule has 176 valence electrons. The number of halogens is 3. The van der Waals surface area contributed by atoms with Crippen LogP contribution in [-0.4, -0.2) is 21.2 Å². The highest BCUT2D eigenvalue weighted by Crippen LogP contribution is 2.35. The molecular weight excluding hydrogens is 483 g/mol. The van der Waals surface area contributed by atoms with Crippen molar-refractivity contribution in [3.8, 4) is 22.8 Å². The summed E-state index contributed by atoms with van der Waals surface area (Å²) in [5.41, 5.74) is -0.876. The number of rotatable bonds is 3. The highest BCUT2D eigenvalue weighted by atomic mass is 32.1. The third-order valence-corrected chi connectivity index (χ3v) is 6.33. The van der Waals surface area contributed by atoms with Gasteiger partial charge in [-0.15, -0.1) is 5.10 Å². The lowest BCUT2D eigenvalue weighted by Gasteiger charge is -2.24. The average Bonchev–Trinajstić information content (AvgIpc) is 3.56. The number of alkyl halides is 3. The molecule has 0 radical (unpaired) electrons. The summed E-state index contributed by atoms with van der Waals surface area (Å²) in [5.74, 6) is 2.12. The molecule has 4 heterocycles. The van der Waals surface area contributed by atoms with Crippen LogP contribution < -0.4 is 19.6 Å². The van der Waals surface area contributed by atoms with Gasteiger partial charge in [-0.25, -0.2) is 0 Å². The van der Waals surface area contributed by atoms with Crippen LogP contribution in [0.3, 0.4) is 0 Å². The van der Waals surface area contributed by atoms with Crippen LogP contribution in [0.4, 0.5) is 13.2 Å². The van der Waals surface area contributed by atoms with E-state index in [1.165, 1.54) is 22.7 Å². The number of thiazole rings is 1. The minimum atomic E-state index is -4.45. The van der Waals surface area contributed by atoms with Crippen molar-refractivity contribution in [2.75, 3.05) is 6.61 Å². The molecule has 1 aliphatic rings. The van der Waals surface area contributed by atoms with Crippen molar-refractivity contribution in [1.29, 1.82) is 0 Å². The maximum absolute atomic E-state index is 13.0. The van der Waals surface area contributed by atoms with E-state index in [1.54, 1.807) is 24.3 Å². The quantitative estimate of drug-likeness (QED) is 0.366. The number of nitrogens with zero attached hydrogens (tertiary/aromatic N) is 3. The van der Waals surface area contributed by atoms with E-state index >= 15 is 0 Å². The number of aromatic nitrogens is 3. The first-order valence-corrected chi connectivity index (χ1v) is 11.2. The summed E-state index contributed by atoms with van der Waals surface area (Å²) in [5, 5.41) is 4.30. The molecule has 11 heteroatoms. The van der Waals surface area contributed by atoms with Crippen LogP contribution in [0.1, 0.15) is 23.3 Å². The van der Waals surface area contributed by atoms with Crippen LogP contribution >= 0.6 is 11.3 Å². The van der Waals surface area contributed by atoms with Crippen molar-refractivity contribution in [1.82, 2.24) is 14.6 Å².